The highest BCUT2D eigenvalue weighted by molar-refractivity contribution is 5.80. The van der Waals surface area contributed by atoms with Crippen molar-refractivity contribution in [3.05, 3.63) is 54.0 Å². The Morgan fingerprint density at radius 2 is 2.23 bits per heavy atom. The lowest BCUT2D eigenvalue weighted by Gasteiger charge is -2.15. The Bertz CT molecular complexity index is 657. The monoisotopic (exact) mass is 300 g/mol. The van der Waals surface area contributed by atoms with Gasteiger partial charge in [0, 0.05) is 38.0 Å². The van der Waals surface area contributed by atoms with Crippen LogP contribution in [0, 0.1) is 5.82 Å². The number of benzene rings is 1. The highest BCUT2D eigenvalue weighted by Crippen LogP contribution is 2.19. The lowest BCUT2D eigenvalue weighted by Crippen LogP contribution is -2.40. The molecule has 0 saturated carbocycles. The summed E-state index contributed by atoms with van der Waals surface area (Å²) in [6.07, 6.45) is 2.80. The summed E-state index contributed by atoms with van der Waals surface area (Å²) in [7, 11) is 0. The molecule has 5 nitrogen and oxygen atoms in total. The number of nitrogens with zero attached hydrogens (tertiary/aromatic N) is 2. The van der Waals surface area contributed by atoms with Crippen LogP contribution < -0.4 is 15.4 Å². The van der Waals surface area contributed by atoms with Crippen LogP contribution in [0.2, 0.25) is 0 Å². The van der Waals surface area contributed by atoms with Gasteiger partial charge in [-0.2, -0.15) is 0 Å². The van der Waals surface area contributed by atoms with Crippen molar-refractivity contribution in [2.24, 2.45) is 4.99 Å². The molecule has 1 aromatic carbocycles. The van der Waals surface area contributed by atoms with Crippen LogP contribution in [-0.2, 0) is 6.54 Å². The second-order valence-corrected chi connectivity index (χ2v) is 4.93. The number of hydrogen-bond acceptors (Lipinski definition) is 5. The van der Waals surface area contributed by atoms with E-state index in [0.717, 1.165) is 31.0 Å². The minimum atomic E-state index is -0.334. The number of ether oxygens (including phenoxy) is 1. The third kappa shape index (κ3) is 3.94. The fourth-order valence-electron chi connectivity index (χ4n) is 2.06. The van der Waals surface area contributed by atoms with Gasteiger partial charge in [0.1, 0.15) is 11.6 Å². The first-order valence-corrected chi connectivity index (χ1v) is 7.20. The summed E-state index contributed by atoms with van der Waals surface area (Å²) >= 11 is 0. The van der Waals surface area contributed by atoms with Gasteiger partial charge in [-0.1, -0.05) is 12.1 Å². The van der Waals surface area contributed by atoms with Crippen LogP contribution in [0.4, 0.5) is 4.39 Å². The van der Waals surface area contributed by atoms with E-state index in [0.29, 0.717) is 18.2 Å². The molecule has 1 aromatic heterocycles. The summed E-state index contributed by atoms with van der Waals surface area (Å²) in [6.45, 7) is 2.44. The van der Waals surface area contributed by atoms with E-state index in [1.165, 1.54) is 12.1 Å². The molecule has 0 spiro atoms. The van der Waals surface area contributed by atoms with E-state index in [-0.39, 0.29) is 5.82 Å². The fraction of sp³-hybridized carbons (Fsp3) is 0.250. The Hall–Kier alpha value is -2.63. The SMILES string of the molecule is Fc1cccc(Oc2ccc(CNC3=NCCCN3)cn2)c1. The first-order valence-electron chi connectivity index (χ1n) is 7.20. The number of aliphatic imine (C=N–C) groups is 1. The third-order valence-electron chi connectivity index (χ3n) is 3.17. The molecule has 114 valence electrons. The maximum absolute atomic E-state index is 13.1. The number of nitrogens with one attached hydrogen (secondary N) is 2. The van der Waals surface area contributed by atoms with Crippen LogP contribution in [0.25, 0.3) is 0 Å². The third-order valence-corrected chi connectivity index (χ3v) is 3.17. The molecule has 2 aromatic rings. The molecule has 2 N–H and O–H groups in total. The molecular formula is C16H17FN4O. The van der Waals surface area contributed by atoms with Gasteiger partial charge in [0.25, 0.3) is 0 Å². The summed E-state index contributed by atoms with van der Waals surface area (Å²) in [5, 5.41) is 6.42. The molecule has 0 unspecified atom stereocenters. The van der Waals surface area contributed by atoms with Gasteiger partial charge in [-0.05, 0) is 24.1 Å². The average molecular weight is 300 g/mol. The zero-order chi connectivity index (χ0) is 15.2. The van der Waals surface area contributed by atoms with Gasteiger partial charge < -0.3 is 15.4 Å². The van der Waals surface area contributed by atoms with Gasteiger partial charge in [-0.15, -0.1) is 0 Å². The van der Waals surface area contributed by atoms with Crippen LogP contribution in [0.3, 0.4) is 0 Å². The van der Waals surface area contributed by atoms with Crippen molar-refractivity contribution in [3.63, 3.8) is 0 Å². The molecule has 0 aliphatic carbocycles. The van der Waals surface area contributed by atoms with E-state index in [4.69, 9.17) is 4.74 Å². The lowest BCUT2D eigenvalue weighted by atomic mass is 10.3. The van der Waals surface area contributed by atoms with Crippen molar-refractivity contribution in [2.45, 2.75) is 13.0 Å². The molecule has 1 aliphatic rings. The smallest absolute Gasteiger partial charge is 0.219 e. The lowest BCUT2D eigenvalue weighted by molar-refractivity contribution is 0.457. The highest BCUT2D eigenvalue weighted by atomic mass is 19.1. The number of aromatic nitrogens is 1. The Labute approximate surface area is 128 Å². The molecular weight excluding hydrogens is 283 g/mol. The summed E-state index contributed by atoms with van der Waals surface area (Å²) in [4.78, 5) is 8.56. The maximum atomic E-state index is 13.1. The van der Waals surface area contributed by atoms with E-state index < -0.39 is 0 Å². The number of hydrogen-bond donors (Lipinski definition) is 2. The van der Waals surface area contributed by atoms with E-state index in [1.807, 2.05) is 6.07 Å². The zero-order valence-corrected chi connectivity index (χ0v) is 12.1. The maximum Gasteiger partial charge on any atom is 0.219 e. The Kier molecular flexibility index (Phi) is 4.48. The molecule has 6 heteroatoms. The molecule has 2 heterocycles. The van der Waals surface area contributed by atoms with Gasteiger partial charge in [-0.25, -0.2) is 9.37 Å². The van der Waals surface area contributed by atoms with Crippen molar-refractivity contribution in [1.29, 1.82) is 0 Å². The van der Waals surface area contributed by atoms with Gasteiger partial charge in [0.15, 0.2) is 5.96 Å². The second kappa shape index (κ2) is 6.89. The number of guanidine groups is 1. The molecule has 1 aliphatic heterocycles. The second-order valence-electron chi connectivity index (χ2n) is 4.93. The van der Waals surface area contributed by atoms with E-state index in [9.17, 15) is 4.39 Å². The van der Waals surface area contributed by atoms with Crippen LogP contribution >= 0.6 is 0 Å². The standard InChI is InChI=1S/C16H17FN4O/c17-13-3-1-4-14(9-13)22-15-6-5-12(10-20-15)11-21-16-18-7-2-8-19-16/h1,3-6,9-10H,2,7-8,11H2,(H2,18,19,21). The zero-order valence-electron chi connectivity index (χ0n) is 12.1. The molecule has 0 atom stereocenters. The normalized spacial score (nSPS) is 14.0. The number of rotatable bonds is 4. The first kappa shape index (κ1) is 14.3. The summed E-state index contributed by atoms with van der Waals surface area (Å²) in [5.74, 6) is 1.35. The van der Waals surface area contributed by atoms with Crippen molar-refractivity contribution in [3.8, 4) is 11.6 Å². The average Bonchev–Trinajstić information content (AvgIpc) is 2.55. The number of pyridine rings is 1. The Morgan fingerprint density at radius 3 is 2.95 bits per heavy atom. The van der Waals surface area contributed by atoms with Gasteiger partial charge in [0.2, 0.25) is 5.88 Å². The molecule has 0 bridgehead atoms. The van der Waals surface area contributed by atoms with Crippen LogP contribution in [0.5, 0.6) is 11.6 Å². The summed E-state index contributed by atoms with van der Waals surface area (Å²) < 4.78 is 18.6. The van der Waals surface area contributed by atoms with Crippen molar-refractivity contribution in [2.75, 3.05) is 13.1 Å². The van der Waals surface area contributed by atoms with Crippen molar-refractivity contribution < 1.29 is 9.13 Å². The first-order chi connectivity index (χ1) is 10.8. The summed E-state index contributed by atoms with van der Waals surface area (Å²) in [6, 6.07) is 9.66. The largest absolute Gasteiger partial charge is 0.439 e. The molecule has 0 radical (unpaired) electrons. The predicted octanol–water partition coefficient (Wildman–Crippen LogP) is 2.45. The van der Waals surface area contributed by atoms with Crippen LogP contribution in [0.1, 0.15) is 12.0 Å². The van der Waals surface area contributed by atoms with E-state index in [1.54, 1.807) is 24.4 Å². The predicted molar refractivity (Wildman–Crippen MR) is 82.5 cm³/mol. The Balaban J connectivity index is 1.57. The van der Waals surface area contributed by atoms with Gasteiger partial charge in [-0.3, -0.25) is 4.99 Å². The van der Waals surface area contributed by atoms with E-state index in [2.05, 4.69) is 20.6 Å². The minimum absolute atomic E-state index is 0.334. The van der Waals surface area contributed by atoms with Crippen LogP contribution in [0.15, 0.2) is 47.6 Å². The van der Waals surface area contributed by atoms with Crippen molar-refractivity contribution in [1.82, 2.24) is 15.6 Å². The van der Waals surface area contributed by atoms with Crippen LogP contribution in [-0.4, -0.2) is 24.0 Å². The van der Waals surface area contributed by atoms with E-state index >= 15 is 0 Å². The van der Waals surface area contributed by atoms with Crippen molar-refractivity contribution >= 4 is 5.96 Å². The molecule has 0 amide bonds. The molecule has 0 fully saturated rings. The highest BCUT2D eigenvalue weighted by Gasteiger charge is 2.04. The summed E-state index contributed by atoms with van der Waals surface area (Å²) in [5.41, 5.74) is 1.02. The van der Waals surface area contributed by atoms with Gasteiger partial charge >= 0.3 is 0 Å². The fourth-order valence-corrected chi connectivity index (χ4v) is 2.06. The molecule has 3 rings (SSSR count). The molecule has 0 saturated heterocycles. The Morgan fingerprint density at radius 1 is 1.27 bits per heavy atom. The molecule has 22 heavy (non-hydrogen) atoms. The quantitative estimate of drug-likeness (QED) is 0.910. The topological polar surface area (TPSA) is 58.5 Å². The number of halogens is 1. The minimum Gasteiger partial charge on any atom is -0.439 e. The van der Waals surface area contributed by atoms with Gasteiger partial charge in [0.05, 0.1) is 0 Å².